The Kier molecular flexibility index (Phi) is 8.76. The molecule has 0 aliphatic carbocycles. The van der Waals surface area contributed by atoms with Gasteiger partial charge in [-0.25, -0.2) is 9.69 Å². The van der Waals surface area contributed by atoms with Crippen LogP contribution in [0.25, 0.3) is 6.08 Å². The highest BCUT2D eigenvalue weighted by Gasteiger charge is 2.36. The quantitative estimate of drug-likeness (QED) is 0.397. The van der Waals surface area contributed by atoms with Crippen LogP contribution in [0.3, 0.4) is 0 Å². The fraction of sp³-hybridized carbons (Fsp3) is 0.346. The lowest BCUT2D eigenvalue weighted by Crippen LogP contribution is -2.27. The summed E-state index contributed by atoms with van der Waals surface area (Å²) >= 11 is 0.880. The molecule has 1 aliphatic rings. The van der Waals surface area contributed by atoms with Gasteiger partial charge in [-0.15, -0.1) is 0 Å². The van der Waals surface area contributed by atoms with E-state index in [9.17, 15) is 19.5 Å². The molecule has 0 radical (unpaired) electrons. The summed E-state index contributed by atoms with van der Waals surface area (Å²) < 4.78 is 11.2. The first-order valence-electron chi connectivity index (χ1n) is 11.4. The minimum Gasteiger partial charge on any atom is -0.490 e. The van der Waals surface area contributed by atoms with Gasteiger partial charge in [0.1, 0.15) is 0 Å². The summed E-state index contributed by atoms with van der Waals surface area (Å²) in [6.45, 7) is 6.03. The van der Waals surface area contributed by atoms with Gasteiger partial charge in [0, 0.05) is 0 Å². The Labute approximate surface area is 203 Å². The van der Waals surface area contributed by atoms with Crippen LogP contribution in [0.2, 0.25) is 0 Å². The Morgan fingerprint density at radius 1 is 1.09 bits per heavy atom. The molecule has 1 heterocycles. The first-order chi connectivity index (χ1) is 16.4. The number of unbranched alkanes of at least 4 members (excludes halogenated alkanes) is 1. The lowest BCUT2D eigenvalue weighted by molar-refractivity contribution is -0.145. The van der Waals surface area contributed by atoms with Crippen LogP contribution in [0.1, 0.15) is 51.2 Å². The number of rotatable bonds is 11. The van der Waals surface area contributed by atoms with E-state index in [2.05, 4.69) is 6.92 Å². The second-order valence-corrected chi connectivity index (χ2v) is 8.77. The molecule has 2 amide bonds. The molecule has 0 aromatic heterocycles. The minimum atomic E-state index is -1.05. The molecule has 0 spiro atoms. The number of nitrogens with zero attached hydrogens (tertiary/aromatic N) is 1. The predicted octanol–water partition coefficient (Wildman–Crippen LogP) is 5.91. The van der Waals surface area contributed by atoms with Crippen molar-refractivity contribution in [3.63, 3.8) is 0 Å². The largest absolute Gasteiger partial charge is 0.490 e. The highest BCUT2D eigenvalue weighted by molar-refractivity contribution is 8.19. The number of amides is 2. The third-order valence-electron chi connectivity index (χ3n) is 5.29. The van der Waals surface area contributed by atoms with Crippen molar-refractivity contribution >= 4 is 40.6 Å². The first-order valence-corrected chi connectivity index (χ1v) is 12.2. The molecule has 1 aliphatic heterocycles. The molecule has 34 heavy (non-hydrogen) atoms. The SMILES string of the molecule is CCCCc1ccc(N2C(=O)S/C(=C/c3ccc(OC(CC)C(=O)O)c(OCC)c3)C2=O)cc1. The van der Waals surface area contributed by atoms with Crippen molar-refractivity contribution in [1.82, 2.24) is 0 Å². The monoisotopic (exact) mass is 483 g/mol. The van der Waals surface area contributed by atoms with Crippen LogP contribution >= 0.6 is 11.8 Å². The zero-order valence-corrected chi connectivity index (χ0v) is 20.4. The van der Waals surface area contributed by atoms with E-state index in [4.69, 9.17) is 9.47 Å². The van der Waals surface area contributed by atoms with Crippen LogP contribution in [0, 0.1) is 0 Å². The highest BCUT2D eigenvalue weighted by Crippen LogP contribution is 2.37. The van der Waals surface area contributed by atoms with Crippen molar-refractivity contribution in [1.29, 1.82) is 0 Å². The van der Waals surface area contributed by atoms with E-state index < -0.39 is 12.1 Å². The van der Waals surface area contributed by atoms with Crippen molar-refractivity contribution in [3.05, 3.63) is 58.5 Å². The average Bonchev–Trinajstić information content (AvgIpc) is 3.10. The smallest absolute Gasteiger partial charge is 0.344 e. The summed E-state index contributed by atoms with van der Waals surface area (Å²) in [6.07, 6.45) is 4.09. The molecule has 7 nitrogen and oxygen atoms in total. The van der Waals surface area contributed by atoms with Gasteiger partial charge in [0.25, 0.3) is 11.1 Å². The van der Waals surface area contributed by atoms with E-state index in [0.29, 0.717) is 40.7 Å². The van der Waals surface area contributed by atoms with E-state index in [1.807, 2.05) is 19.1 Å². The van der Waals surface area contributed by atoms with Gasteiger partial charge in [-0.2, -0.15) is 0 Å². The Bertz CT molecular complexity index is 1080. The Morgan fingerprint density at radius 2 is 1.82 bits per heavy atom. The summed E-state index contributed by atoms with van der Waals surface area (Å²) in [5, 5.41) is 8.92. The number of benzene rings is 2. The molecule has 0 saturated carbocycles. The summed E-state index contributed by atoms with van der Waals surface area (Å²) in [7, 11) is 0. The Morgan fingerprint density at radius 3 is 2.44 bits per heavy atom. The van der Waals surface area contributed by atoms with Crippen LogP contribution in [0.4, 0.5) is 10.5 Å². The van der Waals surface area contributed by atoms with E-state index in [1.165, 1.54) is 10.5 Å². The Balaban J connectivity index is 1.82. The first kappa shape index (κ1) is 25.4. The number of hydrogen-bond acceptors (Lipinski definition) is 6. The number of imide groups is 1. The van der Waals surface area contributed by atoms with Gasteiger partial charge < -0.3 is 14.6 Å². The van der Waals surface area contributed by atoms with Crippen molar-refractivity contribution < 1.29 is 29.0 Å². The van der Waals surface area contributed by atoms with E-state index in [-0.39, 0.29) is 11.1 Å². The molecule has 1 unspecified atom stereocenters. The van der Waals surface area contributed by atoms with Crippen molar-refractivity contribution in [2.24, 2.45) is 0 Å². The second-order valence-electron chi connectivity index (χ2n) is 7.78. The topological polar surface area (TPSA) is 93.1 Å². The summed E-state index contributed by atoms with van der Waals surface area (Å²) in [5.74, 6) is -0.755. The van der Waals surface area contributed by atoms with Gasteiger partial charge in [0.05, 0.1) is 17.2 Å². The molecule has 1 atom stereocenters. The van der Waals surface area contributed by atoms with Crippen LogP contribution in [-0.2, 0) is 16.0 Å². The molecule has 1 fully saturated rings. The third-order valence-corrected chi connectivity index (χ3v) is 6.16. The maximum absolute atomic E-state index is 13.0. The van der Waals surface area contributed by atoms with Crippen LogP contribution < -0.4 is 14.4 Å². The Hall–Kier alpha value is -3.26. The number of aryl methyl sites for hydroxylation is 1. The molecule has 3 rings (SSSR count). The fourth-order valence-electron chi connectivity index (χ4n) is 3.48. The lowest BCUT2D eigenvalue weighted by atomic mass is 10.1. The van der Waals surface area contributed by atoms with Gasteiger partial charge in [-0.3, -0.25) is 9.59 Å². The molecular formula is C26H29NO6S. The molecule has 0 bridgehead atoms. The standard InChI is InChI=1S/C26H29NO6S/c1-4-7-8-17-9-12-19(13-10-17)27-24(28)23(34-26(27)31)16-18-11-14-21(22(15-18)32-6-3)33-20(5-2)25(29)30/h9-16,20H,4-8H2,1-3H3,(H,29,30)/b23-16+. The molecule has 2 aromatic carbocycles. The predicted molar refractivity (Wildman–Crippen MR) is 133 cm³/mol. The van der Waals surface area contributed by atoms with Crippen LogP contribution in [0.15, 0.2) is 47.4 Å². The van der Waals surface area contributed by atoms with Crippen molar-refractivity contribution in [2.75, 3.05) is 11.5 Å². The number of thioether (sulfide) groups is 1. The molecule has 180 valence electrons. The van der Waals surface area contributed by atoms with E-state index in [0.717, 1.165) is 31.0 Å². The maximum atomic E-state index is 13.0. The van der Waals surface area contributed by atoms with Crippen molar-refractivity contribution in [3.8, 4) is 11.5 Å². The van der Waals surface area contributed by atoms with E-state index in [1.54, 1.807) is 43.3 Å². The van der Waals surface area contributed by atoms with Crippen LogP contribution in [-0.4, -0.2) is 34.9 Å². The number of ether oxygens (including phenoxy) is 2. The summed E-state index contributed by atoms with van der Waals surface area (Å²) in [6, 6.07) is 12.5. The molecule has 8 heteroatoms. The number of carboxylic acids is 1. The lowest BCUT2D eigenvalue weighted by Gasteiger charge is -2.17. The van der Waals surface area contributed by atoms with Crippen LogP contribution in [0.5, 0.6) is 11.5 Å². The fourth-order valence-corrected chi connectivity index (χ4v) is 4.32. The van der Waals surface area contributed by atoms with Gasteiger partial charge in [0.15, 0.2) is 17.6 Å². The van der Waals surface area contributed by atoms with Gasteiger partial charge >= 0.3 is 5.97 Å². The van der Waals surface area contributed by atoms with Gasteiger partial charge in [-0.1, -0.05) is 38.5 Å². The number of carboxylic acid groups (broad SMARTS) is 1. The van der Waals surface area contributed by atoms with E-state index >= 15 is 0 Å². The number of carbonyl (C=O) groups is 3. The summed E-state index contributed by atoms with van der Waals surface area (Å²) in [5.41, 5.74) is 2.36. The van der Waals surface area contributed by atoms with Gasteiger partial charge in [0.2, 0.25) is 0 Å². The molecule has 1 saturated heterocycles. The summed E-state index contributed by atoms with van der Waals surface area (Å²) in [4.78, 5) is 38.4. The molecule has 1 N–H and O–H groups in total. The number of aliphatic carboxylic acids is 1. The zero-order chi connectivity index (χ0) is 24.7. The second kappa shape index (κ2) is 11.7. The highest BCUT2D eigenvalue weighted by atomic mass is 32.2. The molecule has 2 aromatic rings. The number of anilines is 1. The average molecular weight is 484 g/mol. The minimum absolute atomic E-state index is 0.299. The van der Waals surface area contributed by atoms with Crippen molar-refractivity contribution in [2.45, 2.75) is 52.6 Å². The number of carbonyl (C=O) groups excluding carboxylic acids is 2. The zero-order valence-electron chi connectivity index (χ0n) is 19.6. The van der Waals surface area contributed by atoms with Gasteiger partial charge in [-0.05, 0) is 79.4 Å². The maximum Gasteiger partial charge on any atom is 0.344 e. The molecular weight excluding hydrogens is 454 g/mol. The number of hydrogen-bond donors (Lipinski definition) is 1. The normalized spacial score (nSPS) is 15.6. The third kappa shape index (κ3) is 5.99.